The molecule has 8 heteroatoms. The molecular formula is C21H17Cl4N3S. The van der Waals surface area contributed by atoms with Crippen LogP contribution in [0.5, 0.6) is 0 Å². The molecule has 0 radical (unpaired) electrons. The van der Waals surface area contributed by atoms with E-state index in [1.54, 1.807) is 0 Å². The zero-order chi connectivity index (χ0) is 20.7. The lowest BCUT2D eigenvalue weighted by atomic mass is 9.89. The SMILES string of the molecule is CN1CC2=C(NC(=S)NC2c2c(Cl)cccc2Cl)/C(=C/c2c(Cl)cccc2Cl)C1. The van der Waals surface area contributed by atoms with Crippen molar-refractivity contribution in [3.8, 4) is 0 Å². The Morgan fingerprint density at radius 3 is 2.17 bits per heavy atom. The summed E-state index contributed by atoms with van der Waals surface area (Å²) >= 11 is 31.3. The molecule has 2 aliphatic heterocycles. The number of halogens is 4. The zero-order valence-electron chi connectivity index (χ0n) is 15.4. The quantitative estimate of drug-likeness (QED) is 0.503. The number of rotatable bonds is 2. The molecule has 2 heterocycles. The van der Waals surface area contributed by atoms with Crippen LogP contribution < -0.4 is 10.6 Å². The number of benzene rings is 2. The molecule has 150 valence electrons. The first-order valence-electron chi connectivity index (χ1n) is 8.93. The van der Waals surface area contributed by atoms with Crippen molar-refractivity contribution in [1.82, 2.24) is 15.5 Å². The topological polar surface area (TPSA) is 27.3 Å². The predicted molar refractivity (Wildman–Crippen MR) is 127 cm³/mol. The Hall–Kier alpha value is -1.27. The molecule has 0 aliphatic carbocycles. The summed E-state index contributed by atoms with van der Waals surface area (Å²) in [5.41, 5.74) is 4.71. The summed E-state index contributed by atoms with van der Waals surface area (Å²) < 4.78 is 0. The van der Waals surface area contributed by atoms with Crippen LogP contribution in [0, 0.1) is 0 Å². The Kier molecular flexibility index (Phi) is 6.12. The molecular weight excluding hydrogens is 468 g/mol. The van der Waals surface area contributed by atoms with Gasteiger partial charge < -0.3 is 10.6 Å². The van der Waals surface area contributed by atoms with Crippen molar-refractivity contribution < 1.29 is 0 Å². The summed E-state index contributed by atoms with van der Waals surface area (Å²) in [7, 11) is 2.06. The van der Waals surface area contributed by atoms with E-state index in [1.165, 1.54) is 0 Å². The van der Waals surface area contributed by atoms with Gasteiger partial charge in [0, 0.05) is 50.0 Å². The number of thiocarbonyl (C=S) groups is 1. The predicted octanol–water partition coefficient (Wildman–Crippen LogP) is 6.10. The number of nitrogens with one attached hydrogen (secondary N) is 2. The summed E-state index contributed by atoms with van der Waals surface area (Å²) in [6, 6.07) is 10.8. The average Bonchev–Trinajstić information content (AvgIpc) is 2.65. The molecule has 3 nitrogen and oxygen atoms in total. The second-order valence-electron chi connectivity index (χ2n) is 7.04. The normalized spacial score (nSPS) is 21.1. The molecule has 2 N–H and O–H groups in total. The van der Waals surface area contributed by atoms with Crippen LogP contribution in [0.25, 0.3) is 6.08 Å². The number of nitrogens with zero attached hydrogens (tertiary/aromatic N) is 1. The van der Waals surface area contributed by atoms with Gasteiger partial charge in [-0.2, -0.15) is 0 Å². The van der Waals surface area contributed by atoms with E-state index in [9.17, 15) is 0 Å². The lowest BCUT2D eigenvalue weighted by Gasteiger charge is -2.39. The smallest absolute Gasteiger partial charge is 0.171 e. The molecule has 0 saturated carbocycles. The molecule has 0 saturated heterocycles. The van der Waals surface area contributed by atoms with Crippen LogP contribution in [0.1, 0.15) is 17.2 Å². The lowest BCUT2D eigenvalue weighted by Crippen LogP contribution is -2.49. The van der Waals surface area contributed by atoms with E-state index < -0.39 is 0 Å². The van der Waals surface area contributed by atoms with Crippen LogP contribution in [0.15, 0.2) is 53.2 Å². The second kappa shape index (κ2) is 8.46. The van der Waals surface area contributed by atoms with Crippen LogP contribution in [-0.2, 0) is 0 Å². The number of likely N-dealkylation sites (N-methyl/N-ethyl adjacent to an activating group) is 1. The van der Waals surface area contributed by atoms with Crippen LogP contribution in [-0.4, -0.2) is 30.1 Å². The third-order valence-electron chi connectivity index (χ3n) is 4.99. The number of hydrogen-bond acceptors (Lipinski definition) is 2. The van der Waals surface area contributed by atoms with Crippen LogP contribution in [0.2, 0.25) is 20.1 Å². The molecule has 2 aromatic rings. The van der Waals surface area contributed by atoms with Gasteiger partial charge in [-0.1, -0.05) is 58.5 Å². The highest BCUT2D eigenvalue weighted by Gasteiger charge is 2.34. The first-order chi connectivity index (χ1) is 13.8. The van der Waals surface area contributed by atoms with E-state index >= 15 is 0 Å². The van der Waals surface area contributed by atoms with Crippen LogP contribution in [0.3, 0.4) is 0 Å². The van der Waals surface area contributed by atoms with Gasteiger partial charge in [0.05, 0.1) is 6.04 Å². The maximum Gasteiger partial charge on any atom is 0.171 e. The monoisotopic (exact) mass is 483 g/mol. The minimum Gasteiger partial charge on any atom is -0.352 e. The standard InChI is InChI=1S/C21H17Cl4N3S/c1-28-9-11(8-12-14(22)4-2-5-15(12)23)19-13(10-28)20(27-21(29)26-19)18-16(24)6-3-7-17(18)25/h2-8,20H,9-10H2,1H3,(H2,26,27,29)/b11-8+. The molecule has 0 fully saturated rings. The molecule has 0 amide bonds. The van der Waals surface area contributed by atoms with Crippen molar-refractivity contribution in [3.05, 3.63) is 84.5 Å². The molecule has 1 unspecified atom stereocenters. The van der Waals surface area contributed by atoms with Gasteiger partial charge in [-0.15, -0.1) is 0 Å². The average molecular weight is 485 g/mol. The third-order valence-corrected chi connectivity index (χ3v) is 6.53. The molecule has 0 bridgehead atoms. The lowest BCUT2D eigenvalue weighted by molar-refractivity contribution is 0.364. The molecule has 4 rings (SSSR count). The van der Waals surface area contributed by atoms with Gasteiger partial charge in [-0.05, 0) is 60.8 Å². The number of hydrogen-bond donors (Lipinski definition) is 2. The Morgan fingerprint density at radius 1 is 0.966 bits per heavy atom. The van der Waals surface area contributed by atoms with E-state index in [0.29, 0.717) is 25.2 Å². The summed E-state index contributed by atoms with van der Waals surface area (Å²) in [4.78, 5) is 2.21. The Morgan fingerprint density at radius 2 is 1.55 bits per heavy atom. The van der Waals surface area contributed by atoms with Crippen molar-refractivity contribution in [2.24, 2.45) is 0 Å². The van der Waals surface area contributed by atoms with Gasteiger partial charge in [0.15, 0.2) is 5.11 Å². The first-order valence-corrected chi connectivity index (χ1v) is 10.8. The van der Waals surface area contributed by atoms with E-state index in [4.69, 9.17) is 58.6 Å². The van der Waals surface area contributed by atoms with E-state index in [1.807, 2.05) is 42.5 Å². The summed E-state index contributed by atoms with van der Waals surface area (Å²) in [5, 5.41) is 9.56. The van der Waals surface area contributed by atoms with E-state index in [0.717, 1.165) is 41.1 Å². The molecule has 29 heavy (non-hydrogen) atoms. The van der Waals surface area contributed by atoms with Crippen LogP contribution in [0.4, 0.5) is 0 Å². The van der Waals surface area contributed by atoms with Crippen LogP contribution >= 0.6 is 58.6 Å². The summed E-state index contributed by atoms with van der Waals surface area (Å²) in [6.07, 6.45) is 2.02. The van der Waals surface area contributed by atoms with Crippen molar-refractivity contribution in [2.45, 2.75) is 6.04 Å². The Bertz CT molecular complexity index is 1020. The van der Waals surface area contributed by atoms with Crippen molar-refractivity contribution in [1.29, 1.82) is 0 Å². The zero-order valence-corrected chi connectivity index (χ0v) is 19.2. The summed E-state index contributed by atoms with van der Waals surface area (Å²) in [6.45, 7) is 1.46. The van der Waals surface area contributed by atoms with E-state index in [-0.39, 0.29) is 6.04 Å². The fraction of sp³-hybridized carbons (Fsp3) is 0.190. The maximum atomic E-state index is 6.51. The highest BCUT2D eigenvalue weighted by molar-refractivity contribution is 7.80. The van der Waals surface area contributed by atoms with Gasteiger partial charge in [-0.3, -0.25) is 4.90 Å². The van der Waals surface area contributed by atoms with Crippen molar-refractivity contribution in [3.63, 3.8) is 0 Å². The molecule has 1 atom stereocenters. The first kappa shape index (κ1) is 21.0. The van der Waals surface area contributed by atoms with Crippen molar-refractivity contribution >= 4 is 69.8 Å². The summed E-state index contributed by atoms with van der Waals surface area (Å²) in [5.74, 6) is 0. The molecule has 0 spiro atoms. The highest BCUT2D eigenvalue weighted by atomic mass is 35.5. The van der Waals surface area contributed by atoms with Gasteiger partial charge >= 0.3 is 0 Å². The maximum absolute atomic E-state index is 6.51. The third kappa shape index (κ3) is 4.15. The van der Waals surface area contributed by atoms with Gasteiger partial charge in [0.1, 0.15) is 0 Å². The minimum absolute atomic E-state index is 0.229. The second-order valence-corrected chi connectivity index (χ2v) is 9.08. The van der Waals surface area contributed by atoms with Gasteiger partial charge in [0.25, 0.3) is 0 Å². The Labute approximate surface area is 195 Å². The highest BCUT2D eigenvalue weighted by Crippen LogP contribution is 2.40. The molecule has 2 aliphatic rings. The van der Waals surface area contributed by atoms with E-state index in [2.05, 4.69) is 22.6 Å². The molecule has 0 aromatic heterocycles. The fourth-order valence-corrected chi connectivity index (χ4v) is 5.08. The molecule has 2 aromatic carbocycles. The minimum atomic E-state index is -0.229. The Balaban J connectivity index is 1.89. The van der Waals surface area contributed by atoms with Gasteiger partial charge in [0.2, 0.25) is 0 Å². The van der Waals surface area contributed by atoms with Gasteiger partial charge in [-0.25, -0.2) is 0 Å². The largest absolute Gasteiger partial charge is 0.352 e. The van der Waals surface area contributed by atoms with Crippen molar-refractivity contribution in [2.75, 3.05) is 20.1 Å². The fourth-order valence-electron chi connectivity index (χ4n) is 3.74.